The van der Waals surface area contributed by atoms with Crippen LogP contribution < -0.4 is 10.1 Å². The second-order valence-corrected chi connectivity index (χ2v) is 6.72. The monoisotopic (exact) mass is 304 g/mol. The Morgan fingerprint density at radius 2 is 1.82 bits per heavy atom. The summed E-state index contributed by atoms with van der Waals surface area (Å²) >= 11 is 0. The van der Waals surface area contributed by atoms with Gasteiger partial charge in [-0.05, 0) is 62.9 Å². The van der Waals surface area contributed by atoms with Crippen molar-refractivity contribution >= 4 is 0 Å². The van der Waals surface area contributed by atoms with Crippen LogP contribution in [0, 0.1) is 0 Å². The Morgan fingerprint density at radius 1 is 1.09 bits per heavy atom. The molecule has 2 aliphatic rings. The molecule has 2 fully saturated rings. The van der Waals surface area contributed by atoms with Crippen LogP contribution in [-0.2, 0) is 6.54 Å². The summed E-state index contributed by atoms with van der Waals surface area (Å²) in [6.07, 6.45) is 5.68. The molecule has 3 rings (SSSR count). The van der Waals surface area contributed by atoms with E-state index in [0.29, 0.717) is 6.54 Å². The standard InChI is InChI=1S/C18H28N2O2/c21-18(8-3-9-18)15-19-14-16-4-6-17(7-5-16)22-13-12-20-10-1-2-11-20/h4-7,19,21H,1-3,8-15H2. The lowest BCUT2D eigenvalue weighted by molar-refractivity contribution is -0.0314. The summed E-state index contributed by atoms with van der Waals surface area (Å²) in [6.45, 7) is 5.74. The quantitative estimate of drug-likeness (QED) is 0.772. The van der Waals surface area contributed by atoms with Crippen molar-refractivity contribution in [2.45, 2.75) is 44.2 Å². The number of ether oxygens (including phenoxy) is 1. The molecule has 0 bridgehead atoms. The molecule has 1 aliphatic heterocycles. The Morgan fingerprint density at radius 3 is 2.45 bits per heavy atom. The number of benzene rings is 1. The molecule has 1 heterocycles. The van der Waals surface area contributed by atoms with Gasteiger partial charge in [0.05, 0.1) is 5.60 Å². The summed E-state index contributed by atoms with van der Waals surface area (Å²) in [5.41, 5.74) is 0.786. The molecule has 2 N–H and O–H groups in total. The van der Waals surface area contributed by atoms with E-state index in [0.717, 1.165) is 44.7 Å². The van der Waals surface area contributed by atoms with Crippen LogP contribution in [0.1, 0.15) is 37.7 Å². The minimum Gasteiger partial charge on any atom is -0.492 e. The summed E-state index contributed by atoms with van der Waals surface area (Å²) in [5, 5.41) is 13.4. The Hall–Kier alpha value is -1.10. The van der Waals surface area contributed by atoms with E-state index in [1.807, 2.05) is 12.1 Å². The first-order valence-corrected chi connectivity index (χ1v) is 8.61. The first kappa shape index (κ1) is 15.8. The van der Waals surface area contributed by atoms with Crippen molar-refractivity contribution in [1.82, 2.24) is 10.2 Å². The number of rotatable bonds is 8. The Balaban J connectivity index is 1.34. The van der Waals surface area contributed by atoms with E-state index in [4.69, 9.17) is 4.74 Å². The molecule has 0 amide bonds. The first-order chi connectivity index (χ1) is 10.7. The van der Waals surface area contributed by atoms with Gasteiger partial charge in [-0.2, -0.15) is 0 Å². The van der Waals surface area contributed by atoms with E-state index in [9.17, 15) is 5.11 Å². The Labute approximate surface area is 133 Å². The van der Waals surface area contributed by atoms with Gasteiger partial charge in [-0.3, -0.25) is 4.90 Å². The number of nitrogens with zero attached hydrogens (tertiary/aromatic N) is 1. The molecular weight excluding hydrogens is 276 g/mol. The van der Waals surface area contributed by atoms with Crippen molar-refractivity contribution in [2.24, 2.45) is 0 Å². The summed E-state index contributed by atoms with van der Waals surface area (Å²) in [7, 11) is 0. The van der Waals surface area contributed by atoms with E-state index < -0.39 is 5.60 Å². The fourth-order valence-electron chi connectivity index (χ4n) is 3.20. The van der Waals surface area contributed by atoms with Crippen LogP contribution in [0.2, 0.25) is 0 Å². The van der Waals surface area contributed by atoms with Gasteiger partial charge in [0.2, 0.25) is 0 Å². The van der Waals surface area contributed by atoms with Gasteiger partial charge in [-0.25, -0.2) is 0 Å². The van der Waals surface area contributed by atoms with Crippen LogP contribution in [0.3, 0.4) is 0 Å². The highest BCUT2D eigenvalue weighted by Gasteiger charge is 2.33. The average molecular weight is 304 g/mol. The van der Waals surface area contributed by atoms with Gasteiger partial charge in [0, 0.05) is 19.6 Å². The maximum Gasteiger partial charge on any atom is 0.119 e. The Kier molecular flexibility index (Phi) is 5.34. The maximum absolute atomic E-state index is 10.0. The van der Waals surface area contributed by atoms with Crippen molar-refractivity contribution in [1.29, 1.82) is 0 Å². The van der Waals surface area contributed by atoms with Gasteiger partial charge in [-0.15, -0.1) is 0 Å². The number of likely N-dealkylation sites (tertiary alicyclic amines) is 1. The number of hydrogen-bond donors (Lipinski definition) is 2. The average Bonchev–Trinajstić information content (AvgIpc) is 3.00. The first-order valence-electron chi connectivity index (χ1n) is 8.61. The molecule has 122 valence electrons. The number of hydrogen-bond acceptors (Lipinski definition) is 4. The second-order valence-electron chi connectivity index (χ2n) is 6.72. The molecule has 0 atom stereocenters. The summed E-state index contributed by atoms with van der Waals surface area (Å²) in [5.74, 6) is 0.945. The van der Waals surface area contributed by atoms with Crippen molar-refractivity contribution in [3.05, 3.63) is 29.8 Å². The molecule has 4 nitrogen and oxygen atoms in total. The Bertz CT molecular complexity index is 451. The number of nitrogens with one attached hydrogen (secondary N) is 1. The maximum atomic E-state index is 10.0. The van der Waals surface area contributed by atoms with Crippen molar-refractivity contribution < 1.29 is 9.84 Å². The number of aliphatic hydroxyl groups is 1. The van der Waals surface area contributed by atoms with Gasteiger partial charge in [0.15, 0.2) is 0 Å². The molecule has 22 heavy (non-hydrogen) atoms. The van der Waals surface area contributed by atoms with E-state index in [2.05, 4.69) is 22.3 Å². The van der Waals surface area contributed by atoms with Crippen LogP contribution in [0.15, 0.2) is 24.3 Å². The highest BCUT2D eigenvalue weighted by atomic mass is 16.5. The topological polar surface area (TPSA) is 44.7 Å². The van der Waals surface area contributed by atoms with E-state index in [-0.39, 0.29) is 0 Å². The lowest BCUT2D eigenvalue weighted by Gasteiger charge is -2.36. The molecule has 0 radical (unpaired) electrons. The van der Waals surface area contributed by atoms with Crippen molar-refractivity contribution in [3.63, 3.8) is 0 Å². The normalized spacial score (nSPS) is 20.8. The van der Waals surface area contributed by atoms with Crippen LogP contribution in [0.25, 0.3) is 0 Å². The van der Waals surface area contributed by atoms with Crippen molar-refractivity contribution in [2.75, 3.05) is 32.8 Å². The second kappa shape index (κ2) is 7.44. The van der Waals surface area contributed by atoms with Crippen LogP contribution in [0.5, 0.6) is 5.75 Å². The summed E-state index contributed by atoms with van der Waals surface area (Å²) < 4.78 is 5.81. The molecule has 1 aromatic rings. The molecule has 1 aromatic carbocycles. The van der Waals surface area contributed by atoms with Gasteiger partial charge < -0.3 is 15.2 Å². The van der Waals surface area contributed by atoms with Crippen molar-refractivity contribution in [3.8, 4) is 5.75 Å². The zero-order valence-corrected chi connectivity index (χ0v) is 13.4. The van der Waals surface area contributed by atoms with Gasteiger partial charge >= 0.3 is 0 Å². The summed E-state index contributed by atoms with van der Waals surface area (Å²) in [4.78, 5) is 2.46. The van der Waals surface area contributed by atoms with Crippen LogP contribution in [-0.4, -0.2) is 48.4 Å². The molecule has 1 saturated carbocycles. The van der Waals surface area contributed by atoms with E-state index >= 15 is 0 Å². The smallest absolute Gasteiger partial charge is 0.119 e. The SMILES string of the molecule is OC1(CNCc2ccc(OCCN3CCCC3)cc2)CCC1. The van der Waals surface area contributed by atoms with Crippen LogP contribution >= 0.6 is 0 Å². The largest absolute Gasteiger partial charge is 0.492 e. The predicted molar refractivity (Wildman–Crippen MR) is 88.1 cm³/mol. The van der Waals surface area contributed by atoms with E-state index in [1.165, 1.54) is 31.5 Å². The van der Waals surface area contributed by atoms with Crippen LogP contribution in [0.4, 0.5) is 0 Å². The van der Waals surface area contributed by atoms with Gasteiger partial charge in [0.1, 0.15) is 12.4 Å². The third kappa shape index (κ3) is 4.45. The predicted octanol–water partition coefficient (Wildman–Crippen LogP) is 2.17. The molecular formula is C18H28N2O2. The lowest BCUT2D eigenvalue weighted by Crippen LogP contribution is -2.45. The van der Waals surface area contributed by atoms with E-state index in [1.54, 1.807) is 0 Å². The molecule has 0 unspecified atom stereocenters. The zero-order valence-electron chi connectivity index (χ0n) is 13.4. The zero-order chi connectivity index (χ0) is 15.3. The fraction of sp³-hybridized carbons (Fsp3) is 0.667. The molecule has 4 heteroatoms. The lowest BCUT2D eigenvalue weighted by atomic mass is 9.80. The highest BCUT2D eigenvalue weighted by Crippen LogP contribution is 2.30. The fourth-order valence-corrected chi connectivity index (χ4v) is 3.20. The minimum atomic E-state index is -0.446. The summed E-state index contributed by atoms with van der Waals surface area (Å²) in [6, 6.07) is 8.28. The molecule has 1 saturated heterocycles. The van der Waals surface area contributed by atoms with Gasteiger partial charge in [-0.1, -0.05) is 12.1 Å². The highest BCUT2D eigenvalue weighted by molar-refractivity contribution is 5.27. The third-order valence-corrected chi connectivity index (χ3v) is 4.87. The minimum absolute atomic E-state index is 0.446. The molecule has 1 aliphatic carbocycles. The van der Waals surface area contributed by atoms with Gasteiger partial charge in [0.25, 0.3) is 0 Å². The molecule has 0 aromatic heterocycles. The molecule has 0 spiro atoms. The third-order valence-electron chi connectivity index (χ3n) is 4.87.